The van der Waals surface area contributed by atoms with Gasteiger partial charge in [0.15, 0.2) is 5.78 Å². The van der Waals surface area contributed by atoms with Crippen molar-refractivity contribution in [3.8, 4) is 0 Å². The van der Waals surface area contributed by atoms with Crippen molar-refractivity contribution < 1.29 is 87.8 Å². The van der Waals surface area contributed by atoms with E-state index in [1.165, 1.54) is 14.0 Å². The number of rotatable bonds is 24. The molecule has 0 aliphatic heterocycles. The molecule has 18 heteroatoms. The molecule has 0 rings (SSSR count). The second kappa shape index (κ2) is 27.3. The summed E-state index contributed by atoms with van der Waals surface area (Å²) in [6, 6.07) is 0. The zero-order chi connectivity index (χ0) is 34.6. The van der Waals surface area contributed by atoms with Gasteiger partial charge in [0.05, 0.1) is 46.2 Å². The van der Waals surface area contributed by atoms with Crippen LogP contribution in [-0.2, 0) is 57.2 Å². The van der Waals surface area contributed by atoms with Gasteiger partial charge in [-0.1, -0.05) is 13.8 Å². The smallest absolute Gasteiger partial charge is 0.332 e. The number of aliphatic hydroxyl groups is 2. The number of carboxylic acids is 4. The van der Waals surface area contributed by atoms with Gasteiger partial charge in [-0.2, -0.15) is 0 Å². The Morgan fingerprint density at radius 1 is 0.591 bits per heavy atom. The summed E-state index contributed by atoms with van der Waals surface area (Å²) in [5.41, 5.74) is -2.60. The second-order valence-electron chi connectivity index (χ2n) is 8.99. The lowest BCUT2D eigenvalue weighted by molar-refractivity contribution is -0.166. The number of aliphatic carboxylic acids is 4. The van der Waals surface area contributed by atoms with Crippen molar-refractivity contribution in [1.82, 2.24) is 0 Å². The Bertz CT molecular complexity index is 815. The molecule has 0 spiro atoms. The maximum atomic E-state index is 11.5. The van der Waals surface area contributed by atoms with E-state index in [0.29, 0.717) is 0 Å². The van der Waals surface area contributed by atoms with E-state index in [4.69, 9.17) is 44.5 Å². The predicted octanol–water partition coefficient (Wildman–Crippen LogP) is -1.08. The van der Waals surface area contributed by atoms with Crippen LogP contribution in [0.15, 0.2) is 0 Å². The molecule has 0 fully saturated rings. The van der Waals surface area contributed by atoms with Crippen molar-refractivity contribution >= 4 is 35.6 Å². The van der Waals surface area contributed by atoms with Crippen LogP contribution in [0.1, 0.15) is 33.6 Å². The van der Waals surface area contributed by atoms with E-state index in [0.717, 1.165) is 0 Å². The molecule has 0 aromatic rings. The fourth-order valence-corrected chi connectivity index (χ4v) is 2.54. The largest absolute Gasteiger partial charge is 0.481 e. The Balaban J connectivity index is -0.000000641. The van der Waals surface area contributed by atoms with E-state index in [1.807, 2.05) is 0 Å². The highest BCUT2D eigenvalue weighted by atomic mass is 16.6. The van der Waals surface area contributed by atoms with Crippen molar-refractivity contribution in [2.45, 2.75) is 33.6 Å². The number of aliphatic hydroxyl groups excluding tert-OH is 2. The third kappa shape index (κ3) is 23.2. The topological polar surface area (TPSA) is 279 Å². The highest BCUT2D eigenvalue weighted by Crippen LogP contribution is 2.23. The lowest BCUT2D eigenvalue weighted by atomic mass is 9.87. The molecule has 0 saturated heterocycles. The minimum absolute atomic E-state index is 0.00244. The van der Waals surface area contributed by atoms with Gasteiger partial charge in [-0.05, 0) is 19.8 Å². The minimum Gasteiger partial charge on any atom is -0.481 e. The lowest BCUT2D eigenvalue weighted by Gasteiger charge is -2.26. The van der Waals surface area contributed by atoms with Crippen LogP contribution in [0.4, 0.5) is 0 Å². The summed E-state index contributed by atoms with van der Waals surface area (Å²) in [7, 11) is 1.39. The van der Waals surface area contributed by atoms with Gasteiger partial charge < -0.3 is 59.1 Å². The number of hydrogen-bond acceptors (Lipinski definition) is 14. The van der Waals surface area contributed by atoms with Crippen molar-refractivity contribution in [3.05, 3.63) is 0 Å². The van der Waals surface area contributed by atoms with Crippen LogP contribution in [0.25, 0.3) is 0 Å². The monoisotopic (exact) mass is 646 g/mol. The van der Waals surface area contributed by atoms with Crippen molar-refractivity contribution in [3.63, 3.8) is 0 Å². The molecule has 0 bridgehead atoms. The molecule has 0 aliphatic carbocycles. The standard InChI is InChI=1S/C14H24O8.C6H10O6.C6H12O4/c1-4-14(9-19-3,13(17)18)10-22-12(16)8-21-6-5-20-7-11(2)15;7-5(8)3-11-1-2-12-4-6(9)10;1-2-6(3-7,4-8)5(9)10/h4-10H2,1-3H3,(H,17,18);1-4H2,(H,7,8)(H,9,10);7-8H,2-4H2,1H3,(H,9,10). The zero-order valence-corrected chi connectivity index (χ0v) is 25.5. The third-order valence-electron chi connectivity index (χ3n) is 5.52. The van der Waals surface area contributed by atoms with E-state index >= 15 is 0 Å². The molecule has 1 unspecified atom stereocenters. The van der Waals surface area contributed by atoms with Crippen LogP contribution in [-0.4, -0.2) is 153 Å². The Labute approximate surface area is 254 Å². The van der Waals surface area contributed by atoms with E-state index in [1.54, 1.807) is 13.8 Å². The van der Waals surface area contributed by atoms with E-state index in [9.17, 15) is 33.9 Å². The van der Waals surface area contributed by atoms with Gasteiger partial charge in [0.2, 0.25) is 0 Å². The molecule has 0 aliphatic rings. The number of methoxy groups -OCH3 is 1. The average Bonchev–Trinajstić information content (AvgIpc) is 2.96. The number of ether oxygens (including phenoxy) is 6. The SMILES string of the molecule is CCC(CO)(CO)C(=O)O.CCC(COC)(COC(=O)COCCOCC(C)=O)C(=O)O.O=C(O)COCCOCC(=O)O. The number of esters is 1. The molecule has 0 aromatic carbocycles. The summed E-state index contributed by atoms with van der Waals surface area (Å²) in [5.74, 6) is -5.12. The zero-order valence-electron chi connectivity index (χ0n) is 25.5. The number of carbonyl (C=O) groups excluding carboxylic acids is 2. The van der Waals surface area contributed by atoms with Crippen molar-refractivity contribution in [1.29, 1.82) is 0 Å². The maximum Gasteiger partial charge on any atom is 0.332 e. The number of hydrogen-bond donors (Lipinski definition) is 6. The van der Waals surface area contributed by atoms with Gasteiger partial charge in [-0.25, -0.2) is 14.4 Å². The van der Waals surface area contributed by atoms with Crippen LogP contribution in [0.5, 0.6) is 0 Å². The number of ketones is 1. The molecule has 0 radical (unpaired) electrons. The second-order valence-corrected chi connectivity index (χ2v) is 8.99. The fraction of sp³-hybridized carbons (Fsp3) is 0.769. The minimum atomic E-state index is -1.35. The number of carbonyl (C=O) groups is 6. The molecule has 1 atom stereocenters. The van der Waals surface area contributed by atoms with Crippen LogP contribution in [0.2, 0.25) is 0 Å². The molecule has 18 nitrogen and oxygen atoms in total. The van der Waals surface area contributed by atoms with Crippen LogP contribution < -0.4 is 0 Å². The van der Waals surface area contributed by atoms with Crippen molar-refractivity contribution in [2.75, 3.05) is 86.4 Å². The van der Waals surface area contributed by atoms with Gasteiger partial charge in [-0.15, -0.1) is 0 Å². The van der Waals surface area contributed by atoms with E-state index < -0.39 is 67.1 Å². The normalized spacial score (nSPS) is 12.0. The summed E-state index contributed by atoms with van der Waals surface area (Å²) in [6.07, 6.45) is 0.499. The Kier molecular flexibility index (Phi) is 28.0. The first-order chi connectivity index (χ1) is 20.6. The summed E-state index contributed by atoms with van der Waals surface area (Å²) in [6.45, 7) is 2.73. The fourth-order valence-electron chi connectivity index (χ4n) is 2.54. The lowest BCUT2D eigenvalue weighted by Crippen LogP contribution is -2.40. The summed E-state index contributed by atoms with van der Waals surface area (Å²) >= 11 is 0. The first-order valence-corrected chi connectivity index (χ1v) is 13.2. The third-order valence-corrected chi connectivity index (χ3v) is 5.52. The van der Waals surface area contributed by atoms with Crippen LogP contribution in [0, 0.1) is 10.8 Å². The van der Waals surface area contributed by atoms with Gasteiger partial charge >= 0.3 is 29.8 Å². The highest BCUT2D eigenvalue weighted by Gasteiger charge is 2.38. The molecule has 0 saturated carbocycles. The molecule has 0 heterocycles. The van der Waals surface area contributed by atoms with Crippen molar-refractivity contribution in [2.24, 2.45) is 10.8 Å². The molecule has 6 N–H and O–H groups in total. The Morgan fingerprint density at radius 2 is 0.977 bits per heavy atom. The van der Waals surface area contributed by atoms with Gasteiger partial charge in [-0.3, -0.25) is 14.4 Å². The van der Waals surface area contributed by atoms with Gasteiger partial charge in [0.25, 0.3) is 0 Å². The highest BCUT2D eigenvalue weighted by molar-refractivity contribution is 5.77. The summed E-state index contributed by atoms with van der Waals surface area (Å²) in [5, 5.41) is 51.2. The van der Waals surface area contributed by atoms with Crippen LogP contribution >= 0.6 is 0 Å². The molecular weight excluding hydrogens is 600 g/mol. The predicted molar refractivity (Wildman–Crippen MR) is 147 cm³/mol. The Hall–Kier alpha value is -3.26. The molecule has 0 aromatic heterocycles. The molecule has 0 amide bonds. The molecule has 258 valence electrons. The maximum absolute atomic E-state index is 11.5. The van der Waals surface area contributed by atoms with Gasteiger partial charge in [0, 0.05) is 7.11 Å². The Morgan fingerprint density at radius 3 is 1.25 bits per heavy atom. The number of carboxylic acid groups (broad SMARTS) is 4. The summed E-state index contributed by atoms with van der Waals surface area (Å²) < 4.78 is 28.9. The molecular formula is C26H46O18. The first kappa shape index (κ1) is 45.2. The number of Topliss-reactive ketones (excluding diaryl/α,β-unsaturated/α-hetero) is 1. The van der Waals surface area contributed by atoms with Gasteiger partial charge in [0.1, 0.15) is 43.9 Å². The van der Waals surface area contributed by atoms with E-state index in [-0.39, 0.29) is 71.5 Å². The van der Waals surface area contributed by atoms with Crippen LogP contribution in [0.3, 0.4) is 0 Å². The van der Waals surface area contributed by atoms with E-state index in [2.05, 4.69) is 9.47 Å². The quantitative estimate of drug-likeness (QED) is 0.0537. The first-order valence-electron chi connectivity index (χ1n) is 13.2. The molecule has 44 heavy (non-hydrogen) atoms. The average molecular weight is 647 g/mol. The summed E-state index contributed by atoms with van der Waals surface area (Å²) in [4.78, 5) is 63.6.